The molecular weight excluding hydrogens is 384 g/mol. The van der Waals surface area contributed by atoms with Crippen molar-refractivity contribution in [2.75, 3.05) is 40.0 Å². The monoisotopic (exact) mass is 408 g/mol. The number of nitrogens with zero attached hydrogens (tertiary/aromatic N) is 3. The molecule has 1 aromatic heterocycles. The SMILES string of the molecule is COc1ccc([C@@H](CNC(=O)c2ccc(-c3nnco3)cc2)N2CCOCC2)cc1. The Morgan fingerprint density at radius 3 is 2.50 bits per heavy atom. The third kappa shape index (κ3) is 4.67. The van der Waals surface area contributed by atoms with Crippen molar-refractivity contribution in [2.45, 2.75) is 6.04 Å². The molecule has 1 amide bonds. The van der Waals surface area contributed by atoms with Gasteiger partial charge in [0, 0.05) is 30.8 Å². The minimum atomic E-state index is -0.126. The van der Waals surface area contributed by atoms with Crippen LogP contribution in [0.3, 0.4) is 0 Å². The Bertz CT molecular complexity index is 936. The molecular formula is C22H24N4O4. The summed E-state index contributed by atoms with van der Waals surface area (Å²) < 4.78 is 15.9. The summed E-state index contributed by atoms with van der Waals surface area (Å²) in [6.45, 7) is 3.53. The molecule has 0 bridgehead atoms. The maximum Gasteiger partial charge on any atom is 0.251 e. The zero-order valence-corrected chi connectivity index (χ0v) is 16.8. The van der Waals surface area contributed by atoms with Gasteiger partial charge in [0.15, 0.2) is 0 Å². The second-order valence-corrected chi connectivity index (χ2v) is 6.97. The molecule has 0 spiro atoms. The Balaban J connectivity index is 1.45. The minimum absolute atomic E-state index is 0.0569. The van der Waals surface area contributed by atoms with Gasteiger partial charge in [-0.15, -0.1) is 10.2 Å². The van der Waals surface area contributed by atoms with Crippen LogP contribution in [0.4, 0.5) is 0 Å². The Morgan fingerprint density at radius 1 is 1.13 bits per heavy atom. The molecule has 1 atom stereocenters. The number of methoxy groups -OCH3 is 1. The normalized spacial score (nSPS) is 15.5. The first kappa shape index (κ1) is 20.1. The number of hydrogen-bond donors (Lipinski definition) is 1. The van der Waals surface area contributed by atoms with Crippen LogP contribution in [0.2, 0.25) is 0 Å². The molecule has 4 rings (SSSR count). The van der Waals surface area contributed by atoms with E-state index in [1.165, 1.54) is 6.39 Å². The van der Waals surface area contributed by atoms with Crippen LogP contribution in [0.15, 0.2) is 59.3 Å². The average Bonchev–Trinajstić information content (AvgIpc) is 3.35. The van der Waals surface area contributed by atoms with E-state index >= 15 is 0 Å². The van der Waals surface area contributed by atoms with Crippen molar-refractivity contribution in [3.05, 3.63) is 66.1 Å². The number of morpholine rings is 1. The smallest absolute Gasteiger partial charge is 0.251 e. The standard InChI is InChI=1S/C22H24N4O4/c1-28-19-8-6-16(7-9-19)20(26-10-12-29-13-11-26)14-23-21(27)17-2-4-18(5-3-17)22-25-24-15-30-22/h2-9,15,20H,10-14H2,1H3,(H,23,27)/t20-/m1/s1. The predicted molar refractivity (Wildman–Crippen MR) is 110 cm³/mol. The highest BCUT2D eigenvalue weighted by atomic mass is 16.5. The molecule has 1 fully saturated rings. The van der Waals surface area contributed by atoms with Gasteiger partial charge in [-0.05, 0) is 42.0 Å². The highest BCUT2D eigenvalue weighted by Crippen LogP contribution is 2.24. The van der Waals surface area contributed by atoms with Crippen molar-refractivity contribution in [1.29, 1.82) is 0 Å². The predicted octanol–water partition coefficient (Wildman–Crippen LogP) is 2.55. The summed E-state index contributed by atoms with van der Waals surface area (Å²) in [5, 5.41) is 10.6. The van der Waals surface area contributed by atoms with Crippen LogP contribution in [0.1, 0.15) is 22.0 Å². The fourth-order valence-electron chi connectivity index (χ4n) is 3.53. The van der Waals surface area contributed by atoms with Crippen LogP contribution in [0.25, 0.3) is 11.5 Å². The lowest BCUT2D eigenvalue weighted by Crippen LogP contribution is -2.43. The molecule has 2 aromatic carbocycles. The summed E-state index contributed by atoms with van der Waals surface area (Å²) in [4.78, 5) is 15.1. The van der Waals surface area contributed by atoms with Gasteiger partial charge in [-0.1, -0.05) is 12.1 Å². The average molecular weight is 408 g/mol. The molecule has 8 nitrogen and oxygen atoms in total. The van der Waals surface area contributed by atoms with E-state index in [1.54, 1.807) is 31.4 Å². The summed E-state index contributed by atoms with van der Waals surface area (Å²) in [6, 6.07) is 15.1. The third-order valence-corrected chi connectivity index (χ3v) is 5.20. The lowest BCUT2D eigenvalue weighted by molar-refractivity contribution is 0.0162. The van der Waals surface area contributed by atoms with Crippen LogP contribution in [0, 0.1) is 0 Å². The third-order valence-electron chi connectivity index (χ3n) is 5.20. The van der Waals surface area contributed by atoms with Crippen molar-refractivity contribution < 1.29 is 18.7 Å². The molecule has 1 aliphatic heterocycles. The van der Waals surface area contributed by atoms with Crippen molar-refractivity contribution in [3.8, 4) is 17.2 Å². The summed E-state index contributed by atoms with van der Waals surface area (Å²) >= 11 is 0. The summed E-state index contributed by atoms with van der Waals surface area (Å²) in [7, 11) is 1.65. The first-order chi connectivity index (χ1) is 14.7. The fourth-order valence-corrected chi connectivity index (χ4v) is 3.53. The molecule has 30 heavy (non-hydrogen) atoms. The van der Waals surface area contributed by atoms with E-state index in [9.17, 15) is 4.79 Å². The van der Waals surface area contributed by atoms with Crippen LogP contribution < -0.4 is 10.1 Å². The Labute approximate surface area is 174 Å². The first-order valence-electron chi connectivity index (χ1n) is 9.85. The molecule has 1 N–H and O–H groups in total. The van der Waals surface area contributed by atoms with Crippen molar-refractivity contribution >= 4 is 5.91 Å². The van der Waals surface area contributed by atoms with Gasteiger partial charge in [0.2, 0.25) is 12.3 Å². The van der Waals surface area contributed by atoms with Crippen LogP contribution in [0.5, 0.6) is 5.75 Å². The van der Waals surface area contributed by atoms with E-state index in [1.807, 2.05) is 24.3 Å². The van der Waals surface area contributed by atoms with Crippen LogP contribution >= 0.6 is 0 Å². The fraction of sp³-hybridized carbons (Fsp3) is 0.318. The van der Waals surface area contributed by atoms with E-state index in [2.05, 4.69) is 20.4 Å². The molecule has 0 unspecified atom stereocenters. The van der Waals surface area contributed by atoms with Gasteiger partial charge in [0.1, 0.15) is 5.75 Å². The zero-order chi connectivity index (χ0) is 20.8. The van der Waals surface area contributed by atoms with Gasteiger partial charge in [-0.2, -0.15) is 0 Å². The van der Waals surface area contributed by atoms with Gasteiger partial charge in [0.05, 0.1) is 26.4 Å². The van der Waals surface area contributed by atoms with E-state index in [-0.39, 0.29) is 11.9 Å². The number of aromatic nitrogens is 2. The molecule has 1 aliphatic rings. The Morgan fingerprint density at radius 2 is 1.87 bits per heavy atom. The molecule has 2 heterocycles. The molecule has 0 aliphatic carbocycles. The van der Waals surface area contributed by atoms with Gasteiger partial charge >= 0.3 is 0 Å². The van der Waals surface area contributed by atoms with Gasteiger partial charge in [-0.25, -0.2) is 0 Å². The maximum absolute atomic E-state index is 12.7. The molecule has 1 saturated heterocycles. The second-order valence-electron chi connectivity index (χ2n) is 6.97. The summed E-state index contributed by atoms with van der Waals surface area (Å²) in [6.07, 6.45) is 1.28. The van der Waals surface area contributed by atoms with Gasteiger partial charge in [0.25, 0.3) is 5.91 Å². The number of ether oxygens (including phenoxy) is 2. The Kier molecular flexibility index (Phi) is 6.36. The number of benzene rings is 2. The van der Waals surface area contributed by atoms with Gasteiger partial charge < -0.3 is 19.2 Å². The van der Waals surface area contributed by atoms with Crippen LogP contribution in [-0.2, 0) is 4.74 Å². The van der Waals surface area contributed by atoms with Gasteiger partial charge in [-0.3, -0.25) is 9.69 Å². The number of carbonyl (C=O) groups is 1. The molecule has 0 saturated carbocycles. The second kappa shape index (κ2) is 9.51. The topological polar surface area (TPSA) is 89.7 Å². The Hall–Kier alpha value is -3.23. The van der Waals surface area contributed by atoms with Crippen molar-refractivity contribution in [3.63, 3.8) is 0 Å². The number of rotatable bonds is 7. The van der Waals surface area contributed by atoms with E-state index in [4.69, 9.17) is 13.9 Å². The highest BCUT2D eigenvalue weighted by Gasteiger charge is 2.23. The van der Waals surface area contributed by atoms with Crippen LogP contribution in [-0.4, -0.2) is 61.0 Å². The highest BCUT2D eigenvalue weighted by molar-refractivity contribution is 5.94. The number of hydrogen-bond acceptors (Lipinski definition) is 7. The quantitative estimate of drug-likeness (QED) is 0.643. The molecule has 0 radical (unpaired) electrons. The largest absolute Gasteiger partial charge is 0.497 e. The van der Waals surface area contributed by atoms with Crippen molar-refractivity contribution in [1.82, 2.24) is 20.4 Å². The first-order valence-corrected chi connectivity index (χ1v) is 9.85. The number of carbonyl (C=O) groups excluding carboxylic acids is 1. The molecule has 3 aromatic rings. The van der Waals surface area contributed by atoms with E-state index < -0.39 is 0 Å². The lowest BCUT2D eigenvalue weighted by atomic mass is 10.0. The number of amides is 1. The van der Waals surface area contributed by atoms with E-state index in [0.717, 1.165) is 30.0 Å². The lowest BCUT2D eigenvalue weighted by Gasteiger charge is -2.35. The molecule has 8 heteroatoms. The minimum Gasteiger partial charge on any atom is -0.497 e. The summed E-state index contributed by atoms with van der Waals surface area (Å²) in [5.74, 6) is 1.11. The number of nitrogens with one attached hydrogen (secondary N) is 1. The zero-order valence-electron chi connectivity index (χ0n) is 16.8. The maximum atomic E-state index is 12.7. The molecule has 156 valence electrons. The summed E-state index contributed by atoms with van der Waals surface area (Å²) in [5.41, 5.74) is 2.48. The van der Waals surface area contributed by atoms with E-state index in [0.29, 0.717) is 31.2 Å². The van der Waals surface area contributed by atoms with Crippen molar-refractivity contribution in [2.24, 2.45) is 0 Å².